The van der Waals surface area contributed by atoms with Crippen LogP contribution in [0.25, 0.3) is 0 Å². The lowest BCUT2D eigenvalue weighted by Crippen LogP contribution is -2.28. The van der Waals surface area contributed by atoms with Crippen molar-refractivity contribution >= 4 is 5.71 Å². The molecule has 0 saturated carbocycles. The first kappa shape index (κ1) is 14.5. The van der Waals surface area contributed by atoms with Crippen molar-refractivity contribution < 1.29 is 4.74 Å². The molecule has 18 heavy (non-hydrogen) atoms. The Bertz CT molecular complexity index is 395. The van der Waals surface area contributed by atoms with E-state index in [1.807, 2.05) is 32.2 Å². The number of aliphatic imine (C=N–C) groups is 1. The first-order chi connectivity index (χ1) is 8.69. The molecule has 1 aromatic rings. The third kappa shape index (κ3) is 4.72. The minimum Gasteiger partial charge on any atom is -0.497 e. The van der Waals surface area contributed by atoms with Crippen molar-refractivity contribution in [3.05, 3.63) is 42.5 Å². The normalized spacial score (nSPS) is 11.7. The van der Waals surface area contributed by atoms with E-state index in [9.17, 15) is 0 Å². The van der Waals surface area contributed by atoms with Gasteiger partial charge < -0.3 is 4.74 Å². The van der Waals surface area contributed by atoms with Crippen LogP contribution in [-0.2, 0) is 6.54 Å². The van der Waals surface area contributed by atoms with Gasteiger partial charge >= 0.3 is 0 Å². The minimum atomic E-state index is 0.860. The number of hydrogen-bond acceptors (Lipinski definition) is 3. The van der Waals surface area contributed by atoms with Crippen LogP contribution in [0, 0.1) is 0 Å². The molecule has 0 spiro atoms. The molecule has 0 aromatic heterocycles. The number of benzene rings is 1. The highest BCUT2D eigenvalue weighted by Crippen LogP contribution is 2.13. The maximum absolute atomic E-state index is 5.15. The summed E-state index contributed by atoms with van der Waals surface area (Å²) in [6, 6.07) is 8.16. The summed E-state index contributed by atoms with van der Waals surface area (Å²) in [7, 11) is 3.51. The second kappa shape index (κ2) is 7.67. The Hall–Kier alpha value is -1.61. The Labute approximate surface area is 110 Å². The van der Waals surface area contributed by atoms with Gasteiger partial charge in [-0.1, -0.05) is 18.2 Å². The Morgan fingerprint density at radius 2 is 2.06 bits per heavy atom. The van der Waals surface area contributed by atoms with Crippen molar-refractivity contribution in [3.8, 4) is 5.75 Å². The predicted octanol–water partition coefficient (Wildman–Crippen LogP) is 2.77. The summed E-state index contributed by atoms with van der Waals surface area (Å²) in [4.78, 5) is 6.50. The molecule has 0 atom stereocenters. The van der Waals surface area contributed by atoms with Crippen molar-refractivity contribution in [2.45, 2.75) is 13.5 Å². The number of methoxy groups -OCH3 is 1. The molecule has 3 nitrogen and oxygen atoms in total. The lowest BCUT2D eigenvalue weighted by molar-refractivity contribution is 0.336. The Morgan fingerprint density at radius 1 is 1.39 bits per heavy atom. The van der Waals surface area contributed by atoms with E-state index in [0.717, 1.165) is 31.1 Å². The monoisotopic (exact) mass is 246 g/mol. The third-order valence-electron chi connectivity index (χ3n) is 2.79. The zero-order chi connectivity index (χ0) is 13.4. The topological polar surface area (TPSA) is 24.8 Å². The highest BCUT2D eigenvalue weighted by Gasteiger charge is 2.05. The summed E-state index contributed by atoms with van der Waals surface area (Å²) in [5.74, 6) is 0.889. The van der Waals surface area contributed by atoms with Crippen LogP contribution in [0.2, 0.25) is 0 Å². The van der Waals surface area contributed by atoms with E-state index in [2.05, 4.69) is 28.6 Å². The Kier molecular flexibility index (Phi) is 6.15. The molecule has 0 aliphatic heterocycles. The van der Waals surface area contributed by atoms with Crippen LogP contribution in [0.15, 0.2) is 41.9 Å². The van der Waals surface area contributed by atoms with Crippen molar-refractivity contribution in [3.63, 3.8) is 0 Å². The molecule has 0 aliphatic carbocycles. The average Bonchev–Trinajstić information content (AvgIpc) is 2.39. The quantitative estimate of drug-likeness (QED) is 0.546. The van der Waals surface area contributed by atoms with Gasteiger partial charge in [-0.25, -0.2) is 0 Å². The van der Waals surface area contributed by atoms with Crippen LogP contribution in [0.4, 0.5) is 0 Å². The molecule has 0 fully saturated rings. The van der Waals surface area contributed by atoms with Crippen LogP contribution in [0.3, 0.4) is 0 Å². The summed E-state index contributed by atoms with van der Waals surface area (Å²) in [5, 5.41) is 0. The molecule has 0 amide bonds. The van der Waals surface area contributed by atoms with Gasteiger partial charge in [0, 0.05) is 32.4 Å². The standard InChI is InChI=1S/C15H22N2O/c1-5-10-17(11-13(2)16-3)12-14-6-8-15(18-4)9-7-14/h5-9H,1,10-12H2,2-4H3/b16-13+. The van der Waals surface area contributed by atoms with Gasteiger partial charge in [0.2, 0.25) is 0 Å². The largest absolute Gasteiger partial charge is 0.497 e. The second-order valence-electron chi connectivity index (χ2n) is 4.27. The molecule has 3 heteroatoms. The van der Waals surface area contributed by atoms with Gasteiger partial charge in [0.25, 0.3) is 0 Å². The molecule has 0 N–H and O–H groups in total. The highest BCUT2D eigenvalue weighted by atomic mass is 16.5. The molecule has 0 unspecified atom stereocenters. The van der Waals surface area contributed by atoms with Crippen LogP contribution in [0.1, 0.15) is 12.5 Å². The zero-order valence-corrected chi connectivity index (χ0v) is 11.5. The summed E-state index contributed by atoms with van der Waals surface area (Å²) in [6.45, 7) is 8.47. The molecule has 1 aromatic carbocycles. The van der Waals surface area contributed by atoms with Crippen LogP contribution in [-0.4, -0.2) is 37.9 Å². The van der Waals surface area contributed by atoms with Gasteiger partial charge in [-0.15, -0.1) is 6.58 Å². The van der Waals surface area contributed by atoms with Crippen LogP contribution < -0.4 is 4.74 Å². The Morgan fingerprint density at radius 3 is 2.56 bits per heavy atom. The van der Waals surface area contributed by atoms with E-state index >= 15 is 0 Å². The lowest BCUT2D eigenvalue weighted by atomic mass is 10.2. The fourth-order valence-corrected chi connectivity index (χ4v) is 1.75. The number of ether oxygens (including phenoxy) is 1. The van der Waals surface area contributed by atoms with E-state index in [4.69, 9.17) is 4.74 Å². The minimum absolute atomic E-state index is 0.860. The van der Waals surface area contributed by atoms with Crippen molar-refractivity contribution in [2.75, 3.05) is 27.2 Å². The van der Waals surface area contributed by atoms with E-state index in [1.165, 1.54) is 5.56 Å². The average molecular weight is 246 g/mol. The smallest absolute Gasteiger partial charge is 0.118 e. The van der Waals surface area contributed by atoms with E-state index < -0.39 is 0 Å². The highest BCUT2D eigenvalue weighted by molar-refractivity contribution is 5.83. The first-order valence-electron chi connectivity index (χ1n) is 6.08. The molecule has 0 saturated heterocycles. The summed E-state index contributed by atoms with van der Waals surface area (Å²) >= 11 is 0. The van der Waals surface area contributed by atoms with Gasteiger partial charge in [-0.05, 0) is 24.6 Å². The molecular weight excluding hydrogens is 224 g/mol. The van der Waals surface area contributed by atoms with E-state index in [1.54, 1.807) is 7.11 Å². The maximum Gasteiger partial charge on any atom is 0.118 e. The summed E-state index contributed by atoms with van der Waals surface area (Å²) < 4.78 is 5.15. The molecule has 0 heterocycles. The van der Waals surface area contributed by atoms with E-state index in [-0.39, 0.29) is 0 Å². The van der Waals surface area contributed by atoms with Crippen molar-refractivity contribution in [1.29, 1.82) is 0 Å². The Balaban J connectivity index is 2.66. The van der Waals surface area contributed by atoms with Gasteiger partial charge in [0.05, 0.1) is 7.11 Å². The SMILES string of the molecule is C=CCN(C/C(C)=N/C)Cc1ccc(OC)cc1. The van der Waals surface area contributed by atoms with Crippen molar-refractivity contribution in [2.24, 2.45) is 4.99 Å². The molecule has 0 aliphatic rings. The third-order valence-corrected chi connectivity index (χ3v) is 2.79. The maximum atomic E-state index is 5.15. The molecule has 0 radical (unpaired) electrons. The summed E-state index contributed by atoms with van der Waals surface area (Å²) in [6.07, 6.45) is 1.92. The number of rotatable bonds is 7. The first-order valence-corrected chi connectivity index (χ1v) is 6.08. The van der Waals surface area contributed by atoms with Gasteiger partial charge in [-0.2, -0.15) is 0 Å². The zero-order valence-electron chi connectivity index (χ0n) is 11.5. The van der Waals surface area contributed by atoms with Gasteiger partial charge in [0.15, 0.2) is 0 Å². The molecule has 98 valence electrons. The fourth-order valence-electron chi connectivity index (χ4n) is 1.75. The van der Waals surface area contributed by atoms with Crippen LogP contribution in [0.5, 0.6) is 5.75 Å². The van der Waals surface area contributed by atoms with E-state index in [0.29, 0.717) is 0 Å². The van der Waals surface area contributed by atoms with Crippen molar-refractivity contribution in [1.82, 2.24) is 4.90 Å². The lowest BCUT2D eigenvalue weighted by Gasteiger charge is -2.20. The van der Waals surface area contributed by atoms with Gasteiger partial charge in [0.1, 0.15) is 5.75 Å². The van der Waals surface area contributed by atoms with Crippen LogP contribution >= 0.6 is 0 Å². The molecule has 0 bridgehead atoms. The second-order valence-corrected chi connectivity index (χ2v) is 4.27. The molecular formula is C15H22N2O. The van der Waals surface area contributed by atoms with Gasteiger partial charge in [-0.3, -0.25) is 9.89 Å². The summed E-state index contributed by atoms with van der Waals surface area (Å²) in [5.41, 5.74) is 2.40. The predicted molar refractivity (Wildman–Crippen MR) is 77.5 cm³/mol. The fraction of sp³-hybridized carbons (Fsp3) is 0.400. The number of nitrogens with zero attached hydrogens (tertiary/aromatic N) is 2. The number of hydrogen-bond donors (Lipinski definition) is 0. The molecule has 1 rings (SSSR count).